The van der Waals surface area contributed by atoms with Crippen LogP contribution in [0.1, 0.15) is 70.1 Å². The minimum absolute atomic E-state index is 0.195. The number of carbonyl (C=O) groups excluding carboxylic acids is 1. The fraction of sp³-hybridized carbons (Fsp3) is 0.360. The Labute approximate surface area is 191 Å². The summed E-state index contributed by atoms with van der Waals surface area (Å²) in [6.07, 6.45) is 4.85. The van der Waals surface area contributed by atoms with E-state index in [-0.39, 0.29) is 18.2 Å². The Morgan fingerprint density at radius 2 is 1.69 bits per heavy atom. The van der Waals surface area contributed by atoms with E-state index in [2.05, 4.69) is 46.7 Å². The molecule has 1 fully saturated rings. The van der Waals surface area contributed by atoms with Gasteiger partial charge in [-0.15, -0.1) is 10.2 Å². The molecular weight excluding hydrogens is 422 g/mol. The smallest absolute Gasteiger partial charge is 0.303 e. The van der Waals surface area contributed by atoms with Crippen molar-refractivity contribution in [2.24, 2.45) is 5.92 Å². The van der Waals surface area contributed by atoms with Crippen molar-refractivity contribution in [3.8, 4) is 0 Å². The van der Waals surface area contributed by atoms with Gasteiger partial charge < -0.3 is 5.11 Å². The SMILES string of the molecule is Cc1ccc(Cc2nnc(NC(=O)c3ccc(C4CCC(CC(=O)O)CC4)cc3)s2)cc1. The van der Waals surface area contributed by atoms with E-state index in [9.17, 15) is 9.59 Å². The number of hydrogen-bond acceptors (Lipinski definition) is 5. The molecule has 1 heterocycles. The highest BCUT2D eigenvalue weighted by atomic mass is 32.1. The molecule has 0 bridgehead atoms. The minimum Gasteiger partial charge on any atom is -0.481 e. The quantitative estimate of drug-likeness (QED) is 0.501. The first kappa shape index (κ1) is 22.1. The van der Waals surface area contributed by atoms with E-state index in [1.54, 1.807) is 0 Å². The molecule has 0 atom stereocenters. The summed E-state index contributed by atoms with van der Waals surface area (Å²) >= 11 is 1.39. The molecule has 0 radical (unpaired) electrons. The number of nitrogens with one attached hydrogen (secondary N) is 1. The van der Waals surface area contributed by atoms with Crippen molar-refractivity contribution in [2.45, 2.75) is 51.4 Å². The van der Waals surface area contributed by atoms with E-state index in [0.29, 0.717) is 23.0 Å². The van der Waals surface area contributed by atoms with Crippen molar-refractivity contribution >= 4 is 28.3 Å². The zero-order chi connectivity index (χ0) is 22.5. The highest BCUT2D eigenvalue weighted by Crippen LogP contribution is 2.37. The number of amides is 1. The van der Waals surface area contributed by atoms with Crippen LogP contribution in [-0.2, 0) is 11.2 Å². The van der Waals surface area contributed by atoms with E-state index in [1.165, 1.54) is 22.5 Å². The maximum atomic E-state index is 12.6. The molecular formula is C25H27N3O3S. The number of benzene rings is 2. The number of aliphatic carboxylic acids is 1. The van der Waals surface area contributed by atoms with Crippen molar-refractivity contribution in [3.63, 3.8) is 0 Å². The molecule has 0 unspecified atom stereocenters. The van der Waals surface area contributed by atoms with Crippen molar-refractivity contribution in [2.75, 3.05) is 5.32 Å². The molecule has 1 amide bonds. The van der Waals surface area contributed by atoms with Crippen LogP contribution in [0.5, 0.6) is 0 Å². The van der Waals surface area contributed by atoms with Crippen LogP contribution in [0, 0.1) is 12.8 Å². The standard InChI is InChI=1S/C25H27N3O3S/c1-16-2-4-17(5-3-16)14-22-27-28-25(32-22)26-24(31)21-12-10-20(11-13-21)19-8-6-18(7-9-19)15-23(29)30/h2-5,10-13,18-19H,6-9,14-15H2,1H3,(H,29,30)(H,26,28,31). The van der Waals surface area contributed by atoms with Gasteiger partial charge in [0, 0.05) is 18.4 Å². The summed E-state index contributed by atoms with van der Waals surface area (Å²) in [5, 5.41) is 21.5. The Hall–Kier alpha value is -3.06. The Morgan fingerprint density at radius 3 is 2.34 bits per heavy atom. The molecule has 32 heavy (non-hydrogen) atoms. The summed E-state index contributed by atoms with van der Waals surface area (Å²) in [5.74, 6) is -0.178. The van der Waals surface area contributed by atoms with Gasteiger partial charge in [0.2, 0.25) is 5.13 Å². The summed E-state index contributed by atoms with van der Waals surface area (Å²) in [5.41, 5.74) is 4.18. The van der Waals surface area contributed by atoms with Crippen LogP contribution < -0.4 is 5.32 Å². The van der Waals surface area contributed by atoms with Crippen LogP contribution in [0.2, 0.25) is 0 Å². The van der Waals surface area contributed by atoms with E-state index < -0.39 is 5.97 Å². The van der Waals surface area contributed by atoms with Crippen LogP contribution in [0.15, 0.2) is 48.5 Å². The van der Waals surface area contributed by atoms with Gasteiger partial charge in [0.15, 0.2) is 0 Å². The first-order valence-electron chi connectivity index (χ1n) is 11.0. The molecule has 1 saturated carbocycles. The second kappa shape index (κ2) is 10.0. The summed E-state index contributed by atoms with van der Waals surface area (Å²) in [6, 6.07) is 16.0. The van der Waals surface area contributed by atoms with Gasteiger partial charge in [-0.1, -0.05) is 53.3 Å². The highest BCUT2D eigenvalue weighted by Gasteiger charge is 2.24. The summed E-state index contributed by atoms with van der Waals surface area (Å²) in [7, 11) is 0. The minimum atomic E-state index is -0.707. The maximum Gasteiger partial charge on any atom is 0.303 e. The zero-order valence-corrected chi connectivity index (χ0v) is 18.9. The largest absolute Gasteiger partial charge is 0.481 e. The second-order valence-electron chi connectivity index (χ2n) is 8.55. The highest BCUT2D eigenvalue weighted by molar-refractivity contribution is 7.15. The molecule has 0 saturated heterocycles. The third-order valence-corrected chi connectivity index (χ3v) is 6.96. The van der Waals surface area contributed by atoms with Crippen LogP contribution in [0.25, 0.3) is 0 Å². The number of aryl methyl sites for hydroxylation is 1. The zero-order valence-electron chi connectivity index (χ0n) is 18.1. The monoisotopic (exact) mass is 449 g/mol. The average Bonchev–Trinajstić information content (AvgIpc) is 3.22. The number of carboxylic acid groups (broad SMARTS) is 1. The molecule has 2 N–H and O–H groups in total. The van der Waals surface area contributed by atoms with E-state index in [1.807, 2.05) is 24.3 Å². The average molecular weight is 450 g/mol. The summed E-state index contributed by atoms with van der Waals surface area (Å²) in [6.45, 7) is 2.06. The van der Waals surface area contributed by atoms with Gasteiger partial charge in [-0.25, -0.2) is 0 Å². The Morgan fingerprint density at radius 1 is 1.00 bits per heavy atom. The fourth-order valence-electron chi connectivity index (χ4n) is 4.28. The molecule has 3 aromatic rings. The number of rotatable bonds is 7. The lowest BCUT2D eigenvalue weighted by Crippen LogP contribution is -2.16. The predicted octanol–water partition coefficient (Wildman–Crippen LogP) is 5.44. The Balaban J connectivity index is 1.31. The number of aromatic nitrogens is 2. The lowest BCUT2D eigenvalue weighted by molar-refractivity contribution is -0.138. The number of hydrogen-bond donors (Lipinski definition) is 2. The third-order valence-electron chi connectivity index (χ3n) is 6.12. The molecule has 6 nitrogen and oxygen atoms in total. The summed E-state index contributed by atoms with van der Waals surface area (Å²) < 4.78 is 0. The predicted molar refractivity (Wildman–Crippen MR) is 125 cm³/mol. The van der Waals surface area contributed by atoms with Gasteiger partial charge in [0.05, 0.1) is 0 Å². The maximum absolute atomic E-state index is 12.6. The number of carboxylic acids is 1. The Kier molecular flexibility index (Phi) is 6.95. The first-order chi connectivity index (χ1) is 15.5. The van der Waals surface area contributed by atoms with E-state index in [0.717, 1.165) is 36.3 Å². The molecule has 0 spiro atoms. The van der Waals surface area contributed by atoms with Gasteiger partial charge in [-0.2, -0.15) is 0 Å². The number of anilines is 1. The van der Waals surface area contributed by atoms with Crippen molar-refractivity contribution < 1.29 is 14.7 Å². The molecule has 7 heteroatoms. The normalized spacial score (nSPS) is 18.3. The first-order valence-corrected chi connectivity index (χ1v) is 11.8. The summed E-state index contributed by atoms with van der Waals surface area (Å²) in [4.78, 5) is 23.5. The van der Waals surface area contributed by atoms with Crippen LogP contribution in [0.3, 0.4) is 0 Å². The Bertz CT molecular complexity index is 1070. The molecule has 1 aromatic heterocycles. The third kappa shape index (κ3) is 5.79. The van der Waals surface area contributed by atoms with Gasteiger partial charge in [0.1, 0.15) is 5.01 Å². The number of carbonyl (C=O) groups is 2. The van der Waals surface area contributed by atoms with Gasteiger partial charge in [-0.3, -0.25) is 14.9 Å². The van der Waals surface area contributed by atoms with Crippen LogP contribution >= 0.6 is 11.3 Å². The van der Waals surface area contributed by atoms with Gasteiger partial charge >= 0.3 is 5.97 Å². The molecule has 0 aliphatic heterocycles. The second-order valence-corrected chi connectivity index (χ2v) is 9.62. The molecule has 1 aliphatic carbocycles. The lowest BCUT2D eigenvalue weighted by Gasteiger charge is -2.28. The molecule has 1 aliphatic rings. The van der Waals surface area contributed by atoms with Crippen molar-refractivity contribution in [1.82, 2.24) is 10.2 Å². The topological polar surface area (TPSA) is 92.2 Å². The van der Waals surface area contributed by atoms with Crippen molar-refractivity contribution in [3.05, 3.63) is 75.8 Å². The van der Waals surface area contributed by atoms with Gasteiger partial charge in [0.25, 0.3) is 5.91 Å². The van der Waals surface area contributed by atoms with Crippen LogP contribution in [0.4, 0.5) is 5.13 Å². The fourth-order valence-corrected chi connectivity index (χ4v) is 5.05. The van der Waals surface area contributed by atoms with Crippen LogP contribution in [-0.4, -0.2) is 27.2 Å². The molecule has 4 rings (SSSR count). The lowest BCUT2D eigenvalue weighted by atomic mass is 9.77. The van der Waals surface area contributed by atoms with Gasteiger partial charge in [-0.05, 0) is 67.7 Å². The van der Waals surface area contributed by atoms with Crippen molar-refractivity contribution in [1.29, 1.82) is 0 Å². The van der Waals surface area contributed by atoms with E-state index >= 15 is 0 Å². The van der Waals surface area contributed by atoms with E-state index in [4.69, 9.17) is 5.11 Å². The molecule has 2 aromatic carbocycles. The molecule has 166 valence electrons. The number of nitrogens with zero attached hydrogens (tertiary/aromatic N) is 2.